The predicted molar refractivity (Wildman–Crippen MR) is 97.1 cm³/mol. The molecule has 1 fully saturated rings. The van der Waals surface area contributed by atoms with Crippen LogP contribution in [0.2, 0.25) is 0 Å². The molecule has 0 saturated carbocycles. The smallest absolute Gasteiger partial charge is 0.265 e. The molecule has 8 nitrogen and oxygen atoms in total. The molecule has 0 spiro atoms. The van der Waals surface area contributed by atoms with Gasteiger partial charge in [0.1, 0.15) is 10.6 Å². The largest absolute Gasteiger partial charge is 0.364 e. The van der Waals surface area contributed by atoms with E-state index in [-0.39, 0.29) is 10.6 Å². The van der Waals surface area contributed by atoms with E-state index in [0.29, 0.717) is 26.2 Å². The molecular formula is C17H23N5O3S. The lowest BCUT2D eigenvalue weighted by Crippen LogP contribution is -2.48. The van der Waals surface area contributed by atoms with Crippen LogP contribution in [-0.2, 0) is 23.5 Å². The molecule has 0 radical (unpaired) electrons. The van der Waals surface area contributed by atoms with E-state index in [1.54, 1.807) is 19.4 Å². The number of rotatable bonds is 6. The molecule has 9 heteroatoms. The van der Waals surface area contributed by atoms with E-state index in [2.05, 4.69) is 9.88 Å². The summed E-state index contributed by atoms with van der Waals surface area (Å²) in [6, 6.07) is 5.33. The van der Waals surface area contributed by atoms with Crippen molar-refractivity contribution in [3.63, 3.8) is 0 Å². The first kappa shape index (κ1) is 18.6. The van der Waals surface area contributed by atoms with Crippen molar-refractivity contribution in [2.45, 2.75) is 11.3 Å². The summed E-state index contributed by atoms with van der Waals surface area (Å²) < 4.78 is 28.5. The number of primary amides is 1. The number of aromatic nitrogens is 2. The van der Waals surface area contributed by atoms with E-state index in [1.807, 2.05) is 12.1 Å². The zero-order chi connectivity index (χ0) is 18.7. The van der Waals surface area contributed by atoms with Gasteiger partial charge in [0.05, 0.1) is 0 Å². The van der Waals surface area contributed by atoms with Gasteiger partial charge >= 0.3 is 0 Å². The molecule has 2 aromatic rings. The molecule has 1 saturated heterocycles. The van der Waals surface area contributed by atoms with E-state index >= 15 is 0 Å². The lowest BCUT2D eigenvalue weighted by molar-refractivity contribution is 0.0992. The number of carbonyl (C=O) groups excluding carboxylic acids is 1. The second-order valence-corrected chi connectivity index (χ2v) is 8.33. The normalized spacial score (nSPS) is 16.7. The molecule has 2 aromatic heterocycles. The predicted octanol–water partition coefficient (Wildman–Crippen LogP) is 0.0680. The highest BCUT2D eigenvalue weighted by Gasteiger charge is 2.30. The Hall–Kier alpha value is -2.23. The third-order valence-electron chi connectivity index (χ3n) is 4.67. The Kier molecular flexibility index (Phi) is 5.40. The summed E-state index contributed by atoms with van der Waals surface area (Å²) in [4.78, 5) is 17.7. The molecule has 0 aromatic carbocycles. The summed E-state index contributed by atoms with van der Waals surface area (Å²) >= 11 is 0. The van der Waals surface area contributed by atoms with Crippen molar-refractivity contribution < 1.29 is 13.2 Å². The zero-order valence-electron chi connectivity index (χ0n) is 14.7. The fourth-order valence-electron chi connectivity index (χ4n) is 3.10. The van der Waals surface area contributed by atoms with Crippen molar-refractivity contribution >= 4 is 15.9 Å². The maximum Gasteiger partial charge on any atom is 0.265 e. The van der Waals surface area contributed by atoms with Crippen molar-refractivity contribution in [2.75, 3.05) is 32.7 Å². The molecule has 2 N–H and O–H groups in total. The monoisotopic (exact) mass is 377 g/mol. The van der Waals surface area contributed by atoms with E-state index in [4.69, 9.17) is 5.73 Å². The minimum Gasteiger partial charge on any atom is -0.364 e. The van der Waals surface area contributed by atoms with E-state index in [1.165, 1.54) is 26.7 Å². The van der Waals surface area contributed by atoms with Gasteiger partial charge in [-0.1, -0.05) is 0 Å². The molecule has 0 bridgehead atoms. The van der Waals surface area contributed by atoms with Crippen molar-refractivity contribution in [1.29, 1.82) is 0 Å². The molecule has 1 amide bonds. The molecule has 140 valence electrons. The minimum absolute atomic E-state index is 0.110. The molecule has 0 atom stereocenters. The van der Waals surface area contributed by atoms with Crippen LogP contribution in [0.3, 0.4) is 0 Å². The highest BCUT2D eigenvalue weighted by atomic mass is 32.2. The first-order valence-electron chi connectivity index (χ1n) is 8.45. The maximum absolute atomic E-state index is 12.8. The van der Waals surface area contributed by atoms with Crippen LogP contribution < -0.4 is 5.73 Å². The summed E-state index contributed by atoms with van der Waals surface area (Å²) in [7, 11) is -2.01. The molecule has 3 heterocycles. The fraction of sp³-hybridized carbons (Fsp3) is 0.412. The van der Waals surface area contributed by atoms with Crippen LogP contribution in [-0.4, -0.2) is 65.8 Å². The van der Waals surface area contributed by atoms with Crippen LogP contribution in [0, 0.1) is 0 Å². The number of pyridine rings is 1. The molecule has 3 rings (SSSR count). The standard InChI is InChI=1S/C17H23N5O3S/c1-20-13-15(12-16(20)17(18)23)26(24,25)22-10-8-21(9-11-22)7-4-14-2-5-19-6-3-14/h2-3,5-6,12-13H,4,7-11H2,1H3,(H2,18,23). The highest BCUT2D eigenvalue weighted by molar-refractivity contribution is 7.89. The lowest BCUT2D eigenvalue weighted by Gasteiger charge is -2.33. The Morgan fingerprint density at radius 2 is 1.85 bits per heavy atom. The van der Waals surface area contributed by atoms with Gasteiger partial charge in [-0.3, -0.25) is 9.78 Å². The maximum atomic E-state index is 12.8. The molecular weight excluding hydrogens is 354 g/mol. The highest BCUT2D eigenvalue weighted by Crippen LogP contribution is 2.20. The number of nitrogens with zero attached hydrogens (tertiary/aromatic N) is 4. The number of hydrogen-bond donors (Lipinski definition) is 1. The molecule has 1 aliphatic rings. The molecule has 1 aliphatic heterocycles. The average molecular weight is 377 g/mol. The van der Waals surface area contributed by atoms with Crippen LogP contribution in [0.25, 0.3) is 0 Å². The third-order valence-corrected chi connectivity index (χ3v) is 6.53. The summed E-state index contributed by atoms with van der Waals surface area (Å²) in [5.74, 6) is -0.644. The number of hydrogen-bond acceptors (Lipinski definition) is 5. The van der Waals surface area contributed by atoms with Crippen LogP contribution in [0.15, 0.2) is 41.7 Å². The van der Waals surface area contributed by atoms with Crippen LogP contribution in [0.4, 0.5) is 0 Å². The molecule has 26 heavy (non-hydrogen) atoms. The second-order valence-electron chi connectivity index (χ2n) is 6.39. The van der Waals surface area contributed by atoms with E-state index < -0.39 is 15.9 Å². The van der Waals surface area contributed by atoms with Gasteiger partial charge in [-0.2, -0.15) is 4.31 Å². The van der Waals surface area contributed by atoms with Crippen molar-refractivity contribution in [3.8, 4) is 0 Å². The Labute approximate surface area is 153 Å². The number of sulfonamides is 1. The Bertz CT molecular complexity index is 871. The van der Waals surface area contributed by atoms with Gasteiger partial charge in [0.2, 0.25) is 10.0 Å². The zero-order valence-corrected chi connectivity index (χ0v) is 15.5. The number of aryl methyl sites for hydroxylation is 1. The van der Waals surface area contributed by atoms with Gasteiger partial charge < -0.3 is 15.2 Å². The van der Waals surface area contributed by atoms with E-state index in [9.17, 15) is 13.2 Å². The second kappa shape index (κ2) is 7.56. The van der Waals surface area contributed by atoms with Crippen LogP contribution in [0.5, 0.6) is 0 Å². The third kappa shape index (κ3) is 3.95. The summed E-state index contributed by atoms with van der Waals surface area (Å²) in [5.41, 5.74) is 6.67. The Morgan fingerprint density at radius 1 is 1.19 bits per heavy atom. The first-order chi connectivity index (χ1) is 12.4. The minimum atomic E-state index is -3.62. The lowest BCUT2D eigenvalue weighted by atomic mass is 10.2. The topological polar surface area (TPSA) is 102 Å². The SMILES string of the molecule is Cn1cc(S(=O)(=O)N2CCN(CCc3ccncc3)CC2)cc1C(N)=O. The summed E-state index contributed by atoms with van der Waals surface area (Å²) in [5, 5.41) is 0. The van der Waals surface area contributed by atoms with Crippen molar-refractivity contribution in [1.82, 2.24) is 18.8 Å². The van der Waals surface area contributed by atoms with Crippen molar-refractivity contribution in [2.24, 2.45) is 12.8 Å². The number of piperazine rings is 1. The average Bonchev–Trinajstić information content (AvgIpc) is 3.04. The van der Waals surface area contributed by atoms with E-state index in [0.717, 1.165) is 13.0 Å². The Morgan fingerprint density at radius 3 is 2.42 bits per heavy atom. The van der Waals surface area contributed by atoms with Gasteiger partial charge in [-0.05, 0) is 30.2 Å². The first-order valence-corrected chi connectivity index (χ1v) is 9.89. The summed E-state index contributed by atoms with van der Waals surface area (Å²) in [6.07, 6.45) is 5.90. The molecule has 0 aliphatic carbocycles. The number of nitrogens with two attached hydrogens (primary N) is 1. The van der Waals surface area contributed by atoms with Gasteiger partial charge in [-0.25, -0.2) is 8.42 Å². The van der Waals surface area contributed by atoms with Gasteiger partial charge in [0.15, 0.2) is 0 Å². The quantitative estimate of drug-likeness (QED) is 0.767. The van der Waals surface area contributed by atoms with Gasteiger partial charge in [-0.15, -0.1) is 0 Å². The fourth-order valence-corrected chi connectivity index (χ4v) is 4.59. The number of carbonyl (C=O) groups is 1. The van der Waals surface area contributed by atoms with Crippen LogP contribution in [0.1, 0.15) is 16.1 Å². The number of amides is 1. The Balaban J connectivity index is 1.60. The summed E-state index contributed by atoms with van der Waals surface area (Å²) in [6.45, 7) is 3.10. The van der Waals surface area contributed by atoms with Gasteiger partial charge in [0, 0.05) is 58.4 Å². The van der Waals surface area contributed by atoms with Gasteiger partial charge in [0.25, 0.3) is 5.91 Å². The molecule has 0 unspecified atom stereocenters. The van der Waals surface area contributed by atoms with Crippen molar-refractivity contribution in [3.05, 3.63) is 48.0 Å². The van der Waals surface area contributed by atoms with Crippen LogP contribution >= 0.6 is 0 Å².